The van der Waals surface area contributed by atoms with Crippen LogP contribution >= 0.6 is 11.6 Å². The van der Waals surface area contributed by atoms with Crippen molar-refractivity contribution in [1.82, 2.24) is 10.6 Å². The molecule has 1 aliphatic rings. The third-order valence-corrected chi connectivity index (χ3v) is 4.27. The van der Waals surface area contributed by atoms with Gasteiger partial charge in [-0.05, 0) is 31.4 Å². The van der Waals surface area contributed by atoms with Gasteiger partial charge in [0.15, 0.2) is 6.10 Å². The van der Waals surface area contributed by atoms with Crippen LogP contribution in [0.15, 0.2) is 24.3 Å². The summed E-state index contributed by atoms with van der Waals surface area (Å²) in [6.45, 7) is 1.42. The first kappa shape index (κ1) is 18.3. The number of hydrogen-bond donors (Lipinski definition) is 2. The quantitative estimate of drug-likeness (QED) is 0.798. The average Bonchev–Trinajstić information content (AvgIpc) is 3.02. The van der Waals surface area contributed by atoms with Crippen LogP contribution in [-0.4, -0.2) is 30.1 Å². The molecule has 7 heteroatoms. The molecule has 0 bridgehead atoms. The van der Waals surface area contributed by atoms with Crippen LogP contribution < -0.4 is 10.6 Å². The van der Waals surface area contributed by atoms with Gasteiger partial charge in [0.05, 0.1) is 6.42 Å². The second-order valence-electron chi connectivity index (χ2n) is 5.84. The van der Waals surface area contributed by atoms with Gasteiger partial charge in [-0.3, -0.25) is 14.9 Å². The molecular weight excluding hydrogens is 332 g/mol. The van der Waals surface area contributed by atoms with Crippen molar-refractivity contribution in [3.63, 3.8) is 0 Å². The largest absolute Gasteiger partial charge is 0.452 e. The first-order valence-electron chi connectivity index (χ1n) is 8.00. The number of halogens is 1. The maximum absolute atomic E-state index is 11.9. The average molecular weight is 353 g/mol. The molecule has 130 valence electrons. The van der Waals surface area contributed by atoms with Gasteiger partial charge in [-0.25, -0.2) is 4.79 Å². The summed E-state index contributed by atoms with van der Waals surface area (Å²) in [6, 6.07) is 6.46. The molecule has 0 saturated heterocycles. The Kier molecular flexibility index (Phi) is 6.61. The fraction of sp³-hybridized carbons (Fsp3) is 0.471. The van der Waals surface area contributed by atoms with Crippen LogP contribution in [0.1, 0.15) is 38.2 Å². The van der Waals surface area contributed by atoms with Crippen molar-refractivity contribution in [2.24, 2.45) is 0 Å². The monoisotopic (exact) mass is 352 g/mol. The van der Waals surface area contributed by atoms with Crippen molar-refractivity contribution in [2.45, 2.75) is 51.2 Å². The summed E-state index contributed by atoms with van der Waals surface area (Å²) >= 11 is 5.98. The molecule has 0 radical (unpaired) electrons. The lowest BCUT2D eigenvalue weighted by Crippen LogP contribution is -2.47. The molecule has 0 aromatic heterocycles. The molecule has 1 aromatic rings. The van der Waals surface area contributed by atoms with Crippen molar-refractivity contribution in [2.75, 3.05) is 0 Å². The van der Waals surface area contributed by atoms with E-state index in [0.717, 1.165) is 25.7 Å². The SMILES string of the molecule is C[C@@H](OC(=O)Cc1ccccc1Cl)C(=O)NC(=O)NC1CCCC1. The van der Waals surface area contributed by atoms with E-state index in [9.17, 15) is 14.4 Å². The van der Waals surface area contributed by atoms with Gasteiger partial charge in [0.1, 0.15) is 0 Å². The molecule has 2 N–H and O–H groups in total. The van der Waals surface area contributed by atoms with Crippen LogP contribution in [-0.2, 0) is 20.7 Å². The number of imide groups is 1. The highest BCUT2D eigenvalue weighted by Crippen LogP contribution is 2.17. The number of carbonyl (C=O) groups excluding carboxylic acids is 3. The molecular formula is C17H21ClN2O4. The van der Waals surface area contributed by atoms with Crippen LogP contribution in [0.3, 0.4) is 0 Å². The van der Waals surface area contributed by atoms with Crippen LogP contribution in [0.25, 0.3) is 0 Å². The van der Waals surface area contributed by atoms with Gasteiger partial charge in [-0.15, -0.1) is 0 Å². The van der Waals surface area contributed by atoms with Crippen molar-refractivity contribution >= 4 is 29.5 Å². The number of carbonyl (C=O) groups is 3. The van der Waals surface area contributed by atoms with Gasteiger partial charge < -0.3 is 10.1 Å². The molecule has 6 nitrogen and oxygen atoms in total. The summed E-state index contributed by atoms with van der Waals surface area (Å²) in [7, 11) is 0. The van der Waals surface area contributed by atoms with E-state index in [4.69, 9.17) is 16.3 Å². The first-order valence-corrected chi connectivity index (χ1v) is 8.37. The number of hydrogen-bond acceptors (Lipinski definition) is 4. The Bertz CT molecular complexity index is 614. The number of esters is 1. The Morgan fingerprint density at radius 1 is 1.25 bits per heavy atom. The molecule has 0 aliphatic heterocycles. The van der Waals surface area contributed by atoms with Crippen LogP contribution in [0, 0.1) is 0 Å². The van der Waals surface area contributed by atoms with E-state index in [1.165, 1.54) is 6.92 Å². The molecule has 1 aliphatic carbocycles. The molecule has 0 heterocycles. The molecule has 1 fully saturated rings. The molecule has 1 atom stereocenters. The highest BCUT2D eigenvalue weighted by molar-refractivity contribution is 6.31. The van der Waals surface area contributed by atoms with E-state index in [1.54, 1.807) is 24.3 Å². The lowest BCUT2D eigenvalue weighted by molar-refractivity contribution is -0.153. The molecule has 24 heavy (non-hydrogen) atoms. The number of benzene rings is 1. The van der Waals surface area contributed by atoms with E-state index in [1.807, 2.05) is 0 Å². The standard InChI is InChI=1S/C17H21ClN2O4/c1-11(16(22)20-17(23)19-13-7-3-4-8-13)24-15(21)10-12-6-2-5-9-14(12)18/h2,5-6,9,11,13H,3-4,7-8,10H2,1H3,(H2,19,20,22,23)/t11-/m1/s1. The predicted octanol–water partition coefficient (Wildman–Crippen LogP) is 2.58. The molecule has 0 spiro atoms. The Balaban J connectivity index is 1.77. The Hall–Kier alpha value is -2.08. The highest BCUT2D eigenvalue weighted by atomic mass is 35.5. The van der Waals surface area contributed by atoms with E-state index >= 15 is 0 Å². The van der Waals surface area contributed by atoms with Crippen LogP contribution in [0.2, 0.25) is 5.02 Å². The third-order valence-electron chi connectivity index (χ3n) is 3.90. The summed E-state index contributed by atoms with van der Waals surface area (Å²) < 4.78 is 5.05. The van der Waals surface area contributed by atoms with Crippen LogP contribution in [0.4, 0.5) is 4.79 Å². The second kappa shape index (κ2) is 8.68. The minimum Gasteiger partial charge on any atom is -0.452 e. The number of amides is 3. The van der Waals surface area contributed by atoms with Gasteiger partial charge in [-0.1, -0.05) is 42.6 Å². The predicted molar refractivity (Wildman–Crippen MR) is 89.6 cm³/mol. The van der Waals surface area contributed by atoms with E-state index in [2.05, 4.69) is 10.6 Å². The van der Waals surface area contributed by atoms with Gasteiger partial charge in [0.2, 0.25) is 0 Å². The molecule has 0 unspecified atom stereocenters. The van der Waals surface area contributed by atoms with Gasteiger partial charge in [0, 0.05) is 11.1 Å². The first-order chi connectivity index (χ1) is 11.5. The van der Waals surface area contributed by atoms with Gasteiger partial charge >= 0.3 is 12.0 Å². The smallest absolute Gasteiger partial charge is 0.321 e. The maximum atomic E-state index is 11.9. The van der Waals surface area contributed by atoms with Crippen molar-refractivity contribution in [3.05, 3.63) is 34.9 Å². The van der Waals surface area contributed by atoms with Crippen molar-refractivity contribution in [3.8, 4) is 0 Å². The zero-order valence-electron chi connectivity index (χ0n) is 13.5. The summed E-state index contributed by atoms with van der Waals surface area (Å²) in [5.41, 5.74) is 0.621. The summed E-state index contributed by atoms with van der Waals surface area (Å²) in [6.07, 6.45) is 2.90. The zero-order valence-corrected chi connectivity index (χ0v) is 14.3. The summed E-state index contributed by atoms with van der Waals surface area (Å²) in [5.74, 6) is -1.24. The number of ether oxygens (including phenoxy) is 1. The summed E-state index contributed by atoms with van der Waals surface area (Å²) in [5, 5.41) is 5.39. The fourth-order valence-electron chi connectivity index (χ4n) is 2.59. The highest BCUT2D eigenvalue weighted by Gasteiger charge is 2.22. The minimum atomic E-state index is -1.06. The van der Waals surface area contributed by atoms with Crippen molar-refractivity contribution < 1.29 is 19.1 Å². The fourth-order valence-corrected chi connectivity index (χ4v) is 2.80. The third kappa shape index (κ3) is 5.53. The van der Waals surface area contributed by atoms with E-state index in [-0.39, 0.29) is 12.5 Å². The normalized spacial score (nSPS) is 15.6. The Morgan fingerprint density at radius 3 is 2.58 bits per heavy atom. The second-order valence-corrected chi connectivity index (χ2v) is 6.25. The van der Waals surface area contributed by atoms with E-state index in [0.29, 0.717) is 10.6 Å². The maximum Gasteiger partial charge on any atom is 0.321 e. The lowest BCUT2D eigenvalue weighted by Gasteiger charge is -2.15. The van der Waals surface area contributed by atoms with E-state index < -0.39 is 24.0 Å². The van der Waals surface area contributed by atoms with Crippen LogP contribution in [0.5, 0.6) is 0 Å². The van der Waals surface area contributed by atoms with Crippen molar-refractivity contribution in [1.29, 1.82) is 0 Å². The van der Waals surface area contributed by atoms with Gasteiger partial charge in [-0.2, -0.15) is 0 Å². The lowest BCUT2D eigenvalue weighted by atomic mass is 10.1. The summed E-state index contributed by atoms with van der Waals surface area (Å²) in [4.78, 5) is 35.5. The Labute approximate surface area is 145 Å². The molecule has 2 rings (SSSR count). The molecule has 3 amide bonds. The molecule has 1 saturated carbocycles. The zero-order chi connectivity index (χ0) is 17.5. The number of nitrogens with one attached hydrogen (secondary N) is 2. The van der Waals surface area contributed by atoms with Gasteiger partial charge in [0.25, 0.3) is 5.91 Å². The number of rotatable bonds is 5. The minimum absolute atomic E-state index is 0.0361. The topological polar surface area (TPSA) is 84.5 Å². The molecule has 1 aromatic carbocycles. The number of urea groups is 1. The Morgan fingerprint density at radius 2 is 1.92 bits per heavy atom.